The van der Waals surface area contributed by atoms with Gasteiger partial charge in [0.2, 0.25) is 5.91 Å². The Bertz CT molecular complexity index is 578. The fourth-order valence-corrected chi connectivity index (χ4v) is 4.32. The van der Waals surface area contributed by atoms with Gasteiger partial charge in [0, 0.05) is 17.0 Å². The maximum absolute atomic E-state index is 13.3. The Hall–Kier alpha value is -1.28. The fraction of sp³-hybridized carbons (Fsp3) is 0.571. The highest BCUT2D eigenvalue weighted by Crippen LogP contribution is 2.45. The monoisotopic (exact) mass is 345 g/mol. The van der Waals surface area contributed by atoms with Crippen LogP contribution in [0.5, 0.6) is 0 Å². The van der Waals surface area contributed by atoms with Crippen LogP contribution in [0.3, 0.4) is 0 Å². The summed E-state index contributed by atoms with van der Waals surface area (Å²) < 4.78 is 0. The molecule has 0 radical (unpaired) electrons. The second-order valence-corrected chi connectivity index (χ2v) is 7.74. The highest BCUT2D eigenvalue weighted by molar-refractivity contribution is 6.30. The lowest BCUT2D eigenvalue weighted by Gasteiger charge is -2.44. The molecule has 1 aliphatic heterocycles. The maximum Gasteiger partial charge on any atom is 0.226 e. The third kappa shape index (κ3) is 3.69. The zero-order valence-corrected chi connectivity index (χ0v) is 15.3. The van der Waals surface area contributed by atoms with Gasteiger partial charge in [-0.3, -0.25) is 4.79 Å². The molecule has 3 rings (SSSR count). The summed E-state index contributed by atoms with van der Waals surface area (Å²) in [5.74, 6) is 1.15. The molecule has 1 amide bonds. The number of rotatable bonds is 7. The van der Waals surface area contributed by atoms with Crippen molar-refractivity contribution in [3.8, 4) is 0 Å². The number of likely N-dealkylation sites (tertiary alicyclic amines) is 1. The average molecular weight is 346 g/mol. The standard InChI is InChI=1S/C21H28ClNO/c1-3-5-17-11-14-20(16-9-12-18(22)13-10-16)23(21(17)24)19(6-4-2)15-7-8-15/h3,9-10,12-13,15,17,19-20H,1,4-8,11,14H2,2H3/t17-,19?,20-/m0/s1. The van der Waals surface area contributed by atoms with Crippen LogP contribution in [0.4, 0.5) is 0 Å². The molecule has 2 fully saturated rings. The minimum atomic E-state index is 0.115. The zero-order chi connectivity index (χ0) is 17.1. The van der Waals surface area contributed by atoms with Crippen molar-refractivity contribution >= 4 is 17.5 Å². The molecule has 0 spiro atoms. The smallest absolute Gasteiger partial charge is 0.226 e. The SMILES string of the molecule is C=CC[C@H]1CC[C@@H](c2ccc(Cl)cc2)N(C(CCC)C2CC2)C1=O. The predicted molar refractivity (Wildman–Crippen MR) is 100.0 cm³/mol. The Morgan fingerprint density at radius 2 is 1.96 bits per heavy atom. The Morgan fingerprint density at radius 1 is 1.25 bits per heavy atom. The molecule has 3 heteroatoms. The summed E-state index contributed by atoms with van der Waals surface area (Å²) in [5.41, 5.74) is 1.23. The van der Waals surface area contributed by atoms with E-state index in [0.717, 1.165) is 37.1 Å². The third-order valence-electron chi connectivity index (χ3n) is 5.54. The average Bonchev–Trinajstić information content (AvgIpc) is 3.41. The highest BCUT2D eigenvalue weighted by atomic mass is 35.5. The number of piperidine rings is 1. The van der Waals surface area contributed by atoms with E-state index in [0.29, 0.717) is 17.9 Å². The lowest BCUT2D eigenvalue weighted by atomic mass is 9.84. The molecule has 0 aromatic heterocycles. The lowest BCUT2D eigenvalue weighted by Crippen LogP contribution is -2.49. The van der Waals surface area contributed by atoms with Crippen LogP contribution in [0.1, 0.15) is 63.5 Å². The Labute approximate surface area is 150 Å². The largest absolute Gasteiger partial charge is 0.332 e. The van der Waals surface area contributed by atoms with Crippen LogP contribution in [0, 0.1) is 11.8 Å². The molecule has 1 saturated heterocycles. The van der Waals surface area contributed by atoms with E-state index in [4.69, 9.17) is 11.6 Å². The van der Waals surface area contributed by atoms with Gasteiger partial charge in [0.15, 0.2) is 0 Å². The van der Waals surface area contributed by atoms with Gasteiger partial charge in [-0.25, -0.2) is 0 Å². The number of carbonyl (C=O) groups is 1. The van der Waals surface area contributed by atoms with Gasteiger partial charge in [-0.2, -0.15) is 0 Å². The summed E-state index contributed by atoms with van der Waals surface area (Å²) >= 11 is 6.06. The number of hydrogen-bond donors (Lipinski definition) is 0. The van der Waals surface area contributed by atoms with Crippen molar-refractivity contribution in [2.45, 2.75) is 64.0 Å². The first-order chi connectivity index (χ1) is 11.7. The highest BCUT2D eigenvalue weighted by Gasteiger charge is 2.44. The molecule has 1 aromatic rings. The summed E-state index contributed by atoms with van der Waals surface area (Å²) in [7, 11) is 0. The summed E-state index contributed by atoms with van der Waals surface area (Å²) in [5, 5.41) is 0.754. The summed E-state index contributed by atoms with van der Waals surface area (Å²) in [6.45, 7) is 6.07. The van der Waals surface area contributed by atoms with Crippen molar-refractivity contribution in [1.29, 1.82) is 0 Å². The third-order valence-corrected chi connectivity index (χ3v) is 5.79. The molecule has 2 nitrogen and oxygen atoms in total. The maximum atomic E-state index is 13.3. The molecule has 24 heavy (non-hydrogen) atoms. The molecule has 1 unspecified atom stereocenters. The number of halogens is 1. The summed E-state index contributed by atoms with van der Waals surface area (Å²) in [4.78, 5) is 15.5. The Morgan fingerprint density at radius 3 is 2.54 bits per heavy atom. The minimum Gasteiger partial charge on any atom is -0.332 e. The van der Waals surface area contributed by atoms with Crippen LogP contribution >= 0.6 is 11.6 Å². The first kappa shape index (κ1) is 17.5. The van der Waals surface area contributed by atoms with Crippen molar-refractivity contribution in [2.24, 2.45) is 11.8 Å². The normalized spacial score (nSPS) is 25.6. The van der Waals surface area contributed by atoms with E-state index < -0.39 is 0 Å². The number of allylic oxidation sites excluding steroid dienone is 1. The van der Waals surface area contributed by atoms with Crippen molar-refractivity contribution in [1.82, 2.24) is 4.90 Å². The predicted octanol–water partition coefficient (Wildman–Crippen LogP) is 5.77. The van der Waals surface area contributed by atoms with Gasteiger partial charge in [0.05, 0.1) is 6.04 Å². The molecule has 1 aliphatic carbocycles. The molecule has 130 valence electrons. The van der Waals surface area contributed by atoms with Gasteiger partial charge in [-0.05, 0) is 62.1 Å². The van der Waals surface area contributed by atoms with Crippen LogP contribution in [-0.4, -0.2) is 16.8 Å². The van der Waals surface area contributed by atoms with E-state index in [1.807, 2.05) is 18.2 Å². The lowest BCUT2D eigenvalue weighted by molar-refractivity contribution is -0.146. The van der Waals surface area contributed by atoms with E-state index in [-0.39, 0.29) is 12.0 Å². The second kappa shape index (κ2) is 7.74. The molecular weight excluding hydrogens is 318 g/mol. The number of carbonyl (C=O) groups excluding carboxylic acids is 1. The van der Waals surface area contributed by atoms with Crippen LogP contribution in [-0.2, 0) is 4.79 Å². The number of benzene rings is 1. The van der Waals surface area contributed by atoms with Gasteiger partial charge in [-0.15, -0.1) is 6.58 Å². The van der Waals surface area contributed by atoms with Crippen LogP contribution < -0.4 is 0 Å². The molecule has 0 bridgehead atoms. The Kier molecular flexibility index (Phi) is 5.65. The van der Waals surface area contributed by atoms with Gasteiger partial charge >= 0.3 is 0 Å². The molecule has 2 aliphatic rings. The van der Waals surface area contributed by atoms with Gasteiger partial charge in [0.25, 0.3) is 0 Å². The minimum absolute atomic E-state index is 0.115. The van der Waals surface area contributed by atoms with E-state index in [1.54, 1.807) is 0 Å². The van der Waals surface area contributed by atoms with E-state index in [9.17, 15) is 4.79 Å². The van der Waals surface area contributed by atoms with E-state index in [1.165, 1.54) is 18.4 Å². The summed E-state index contributed by atoms with van der Waals surface area (Å²) in [6.07, 6.45) is 9.48. The van der Waals surface area contributed by atoms with Gasteiger partial charge < -0.3 is 4.90 Å². The van der Waals surface area contributed by atoms with Gasteiger partial charge in [0.1, 0.15) is 0 Å². The van der Waals surface area contributed by atoms with Gasteiger partial charge in [-0.1, -0.05) is 43.2 Å². The number of nitrogens with zero attached hydrogens (tertiary/aromatic N) is 1. The topological polar surface area (TPSA) is 20.3 Å². The Balaban J connectivity index is 1.91. The first-order valence-corrected chi connectivity index (χ1v) is 9.72. The van der Waals surface area contributed by atoms with Crippen molar-refractivity contribution in [3.05, 3.63) is 47.5 Å². The van der Waals surface area contributed by atoms with Crippen LogP contribution in [0.15, 0.2) is 36.9 Å². The number of hydrogen-bond acceptors (Lipinski definition) is 1. The molecule has 1 aromatic carbocycles. The molecule has 3 atom stereocenters. The zero-order valence-electron chi connectivity index (χ0n) is 14.6. The fourth-order valence-electron chi connectivity index (χ4n) is 4.19. The van der Waals surface area contributed by atoms with Crippen LogP contribution in [0.25, 0.3) is 0 Å². The molecule has 0 N–H and O–H groups in total. The van der Waals surface area contributed by atoms with Crippen molar-refractivity contribution in [3.63, 3.8) is 0 Å². The summed E-state index contributed by atoms with van der Waals surface area (Å²) in [6, 6.07) is 8.68. The quantitative estimate of drug-likeness (QED) is 0.574. The van der Waals surface area contributed by atoms with E-state index in [2.05, 4.69) is 30.5 Å². The molecular formula is C21H28ClNO. The number of amides is 1. The molecule has 1 saturated carbocycles. The first-order valence-electron chi connectivity index (χ1n) is 9.34. The second-order valence-electron chi connectivity index (χ2n) is 7.30. The van der Waals surface area contributed by atoms with Crippen molar-refractivity contribution < 1.29 is 4.79 Å². The van der Waals surface area contributed by atoms with E-state index >= 15 is 0 Å². The molecule has 1 heterocycles. The van der Waals surface area contributed by atoms with Crippen LogP contribution in [0.2, 0.25) is 5.02 Å². The van der Waals surface area contributed by atoms with Crippen molar-refractivity contribution in [2.75, 3.05) is 0 Å².